The maximum absolute atomic E-state index is 13.5. The van der Waals surface area contributed by atoms with Crippen molar-refractivity contribution in [3.05, 3.63) is 82.8 Å². The number of Topliss-reactive ketones (excluding diaryl/α,β-unsaturated/α-hetero) is 1. The van der Waals surface area contributed by atoms with Gasteiger partial charge in [-0.3, -0.25) is 9.59 Å². The number of ketones is 1. The first-order chi connectivity index (χ1) is 16.3. The van der Waals surface area contributed by atoms with Gasteiger partial charge in [0.2, 0.25) is 5.78 Å². The van der Waals surface area contributed by atoms with E-state index in [0.717, 1.165) is 11.9 Å². The Hall–Kier alpha value is -3.91. The number of methoxy groups -OCH3 is 1. The lowest BCUT2D eigenvalue weighted by Crippen LogP contribution is -2.33. The number of hydrogen-bond acceptors (Lipinski definition) is 7. The molecule has 8 nitrogen and oxygen atoms in total. The third-order valence-corrected chi connectivity index (χ3v) is 5.85. The standard InChI is InChI=1S/C26H26N2O6/c1-27(2)13-6-14-28-22(16-9-11-17(12-10-16)26(32)33-3)21(24(30)25(28)31)23(29)20-15-18-7-4-5-8-19(18)34-20/h4-5,7-12,15,22,30H,6,13-14H2,1-3H3/t22-/m0/s1. The molecule has 1 aromatic heterocycles. The predicted molar refractivity (Wildman–Crippen MR) is 126 cm³/mol. The van der Waals surface area contributed by atoms with Gasteiger partial charge >= 0.3 is 5.97 Å². The van der Waals surface area contributed by atoms with E-state index in [4.69, 9.17) is 9.15 Å². The van der Waals surface area contributed by atoms with E-state index in [1.807, 2.05) is 31.1 Å². The lowest BCUT2D eigenvalue weighted by Gasteiger charge is -2.27. The first-order valence-electron chi connectivity index (χ1n) is 10.9. The van der Waals surface area contributed by atoms with E-state index >= 15 is 0 Å². The molecule has 34 heavy (non-hydrogen) atoms. The summed E-state index contributed by atoms with van der Waals surface area (Å²) in [5, 5.41) is 11.5. The number of benzene rings is 2. The molecule has 0 spiro atoms. The molecule has 3 aromatic rings. The van der Waals surface area contributed by atoms with Gasteiger partial charge in [0.15, 0.2) is 11.5 Å². The second-order valence-corrected chi connectivity index (χ2v) is 8.41. The highest BCUT2D eigenvalue weighted by atomic mass is 16.5. The van der Waals surface area contributed by atoms with Gasteiger partial charge in [-0.15, -0.1) is 0 Å². The highest BCUT2D eigenvalue weighted by molar-refractivity contribution is 6.16. The summed E-state index contributed by atoms with van der Waals surface area (Å²) in [5.41, 5.74) is 1.43. The van der Waals surface area contributed by atoms with Crippen LogP contribution in [0, 0.1) is 0 Å². The summed E-state index contributed by atoms with van der Waals surface area (Å²) in [6.07, 6.45) is 0.648. The van der Waals surface area contributed by atoms with Crippen LogP contribution in [0.5, 0.6) is 0 Å². The number of carbonyl (C=O) groups is 3. The molecule has 0 fully saturated rings. The van der Waals surface area contributed by atoms with Gasteiger partial charge in [0.25, 0.3) is 5.91 Å². The van der Waals surface area contributed by atoms with Crippen molar-refractivity contribution in [1.82, 2.24) is 9.80 Å². The van der Waals surface area contributed by atoms with Crippen molar-refractivity contribution in [3.63, 3.8) is 0 Å². The van der Waals surface area contributed by atoms with Crippen LogP contribution in [0.3, 0.4) is 0 Å². The van der Waals surface area contributed by atoms with Crippen molar-refractivity contribution in [2.24, 2.45) is 0 Å². The number of furan rings is 1. The van der Waals surface area contributed by atoms with E-state index in [2.05, 4.69) is 0 Å². The molecule has 1 aliphatic rings. The average Bonchev–Trinajstić information content (AvgIpc) is 3.38. The molecule has 176 valence electrons. The van der Waals surface area contributed by atoms with Crippen LogP contribution < -0.4 is 0 Å². The second-order valence-electron chi connectivity index (χ2n) is 8.41. The Morgan fingerprint density at radius 1 is 1.12 bits per heavy atom. The van der Waals surface area contributed by atoms with Crippen molar-refractivity contribution < 1.29 is 28.6 Å². The van der Waals surface area contributed by atoms with Gasteiger partial charge in [-0.25, -0.2) is 4.79 Å². The normalized spacial score (nSPS) is 16.1. The highest BCUT2D eigenvalue weighted by Gasteiger charge is 2.44. The minimum atomic E-state index is -0.818. The monoisotopic (exact) mass is 462 g/mol. The molecule has 1 amide bonds. The van der Waals surface area contributed by atoms with Gasteiger partial charge < -0.3 is 24.1 Å². The molecule has 0 radical (unpaired) electrons. The quantitative estimate of drug-likeness (QED) is 0.402. The number of fused-ring (bicyclic) bond motifs is 1. The van der Waals surface area contributed by atoms with E-state index in [1.165, 1.54) is 12.0 Å². The van der Waals surface area contributed by atoms with E-state index in [-0.39, 0.29) is 11.3 Å². The van der Waals surface area contributed by atoms with Crippen LogP contribution in [-0.2, 0) is 9.53 Å². The van der Waals surface area contributed by atoms with Crippen LogP contribution in [0.2, 0.25) is 0 Å². The van der Waals surface area contributed by atoms with Crippen molar-refractivity contribution >= 4 is 28.6 Å². The summed E-state index contributed by atoms with van der Waals surface area (Å²) in [5.74, 6) is -2.20. The molecule has 1 N–H and O–H groups in total. The minimum absolute atomic E-state index is 0.0419. The summed E-state index contributed by atoms with van der Waals surface area (Å²) in [4.78, 5) is 41.9. The molecular formula is C26H26N2O6. The van der Waals surface area contributed by atoms with Crippen LogP contribution in [-0.4, -0.2) is 66.9 Å². The number of amides is 1. The molecule has 0 unspecified atom stereocenters. The maximum Gasteiger partial charge on any atom is 0.337 e. The third kappa shape index (κ3) is 4.32. The smallest absolute Gasteiger partial charge is 0.337 e. The Balaban J connectivity index is 1.74. The van der Waals surface area contributed by atoms with E-state index < -0.39 is 29.5 Å². The molecule has 0 bridgehead atoms. The molecule has 0 aliphatic carbocycles. The average molecular weight is 463 g/mol. The van der Waals surface area contributed by atoms with Gasteiger partial charge in [0.05, 0.1) is 24.3 Å². The Morgan fingerprint density at radius 3 is 2.47 bits per heavy atom. The Kier molecular flexibility index (Phi) is 6.51. The number of ether oxygens (including phenoxy) is 1. The summed E-state index contributed by atoms with van der Waals surface area (Å²) >= 11 is 0. The lowest BCUT2D eigenvalue weighted by molar-refractivity contribution is -0.129. The molecule has 8 heteroatoms. The predicted octanol–water partition coefficient (Wildman–Crippen LogP) is 3.75. The van der Waals surface area contributed by atoms with E-state index in [1.54, 1.807) is 42.5 Å². The molecule has 1 aliphatic heterocycles. The van der Waals surface area contributed by atoms with Crippen molar-refractivity contribution in [2.45, 2.75) is 12.5 Å². The van der Waals surface area contributed by atoms with Crippen LogP contribution >= 0.6 is 0 Å². The largest absolute Gasteiger partial charge is 0.503 e. The fourth-order valence-corrected chi connectivity index (χ4v) is 4.17. The first kappa shape index (κ1) is 23.3. The van der Waals surface area contributed by atoms with E-state index in [0.29, 0.717) is 29.7 Å². The molecule has 2 aromatic carbocycles. The topological polar surface area (TPSA) is 100 Å². The molecule has 2 heterocycles. The van der Waals surface area contributed by atoms with Crippen LogP contribution in [0.4, 0.5) is 0 Å². The Bertz CT molecular complexity index is 1240. The van der Waals surface area contributed by atoms with Crippen LogP contribution in [0.1, 0.15) is 38.9 Å². The molecule has 0 saturated heterocycles. The van der Waals surface area contributed by atoms with Crippen molar-refractivity contribution in [3.8, 4) is 0 Å². The maximum atomic E-state index is 13.5. The number of aliphatic hydroxyl groups is 1. The number of aliphatic hydroxyl groups excluding tert-OH is 1. The first-order valence-corrected chi connectivity index (χ1v) is 10.9. The van der Waals surface area contributed by atoms with Gasteiger partial charge in [-0.2, -0.15) is 0 Å². The zero-order chi connectivity index (χ0) is 24.4. The zero-order valence-corrected chi connectivity index (χ0v) is 19.3. The van der Waals surface area contributed by atoms with Crippen LogP contribution in [0.25, 0.3) is 11.0 Å². The summed E-state index contributed by atoms with van der Waals surface area (Å²) in [6, 6.07) is 14.5. The fourth-order valence-electron chi connectivity index (χ4n) is 4.17. The Morgan fingerprint density at radius 2 is 1.82 bits per heavy atom. The molecule has 0 saturated carbocycles. The molecule has 1 atom stereocenters. The number of carbonyl (C=O) groups excluding carboxylic acids is 3. The second kappa shape index (κ2) is 9.52. The van der Waals surface area contributed by atoms with Gasteiger partial charge in [0, 0.05) is 11.9 Å². The number of nitrogens with zero attached hydrogens (tertiary/aromatic N) is 2. The third-order valence-electron chi connectivity index (χ3n) is 5.85. The van der Waals surface area contributed by atoms with Crippen molar-refractivity contribution in [1.29, 1.82) is 0 Å². The van der Waals surface area contributed by atoms with Gasteiger partial charge in [-0.1, -0.05) is 30.3 Å². The number of para-hydroxylation sites is 1. The van der Waals surface area contributed by atoms with Crippen molar-refractivity contribution in [2.75, 3.05) is 34.3 Å². The minimum Gasteiger partial charge on any atom is -0.503 e. The summed E-state index contributed by atoms with van der Waals surface area (Å²) < 4.78 is 10.5. The zero-order valence-electron chi connectivity index (χ0n) is 19.3. The number of esters is 1. The van der Waals surface area contributed by atoms with Crippen LogP contribution in [0.15, 0.2) is 70.3 Å². The van der Waals surface area contributed by atoms with Gasteiger partial charge in [0.1, 0.15) is 5.58 Å². The molecular weight excluding hydrogens is 436 g/mol. The van der Waals surface area contributed by atoms with Gasteiger partial charge in [-0.05, 0) is 56.9 Å². The SMILES string of the molecule is COC(=O)c1ccc([C@H]2C(C(=O)c3cc4ccccc4o3)=C(O)C(=O)N2CCCN(C)C)cc1. The highest BCUT2D eigenvalue weighted by Crippen LogP contribution is 2.39. The number of rotatable bonds is 8. The summed E-state index contributed by atoms with van der Waals surface area (Å²) in [6.45, 7) is 1.06. The van der Waals surface area contributed by atoms with E-state index in [9.17, 15) is 19.5 Å². The number of hydrogen-bond donors (Lipinski definition) is 1. The lowest BCUT2D eigenvalue weighted by atomic mass is 9.94. The molecule has 4 rings (SSSR count). The fraction of sp³-hybridized carbons (Fsp3) is 0.269. The summed E-state index contributed by atoms with van der Waals surface area (Å²) in [7, 11) is 5.16. The Labute approximate surface area is 197 Å².